The molecule has 1 aromatic heterocycles. The highest BCUT2D eigenvalue weighted by Gasteiger charge is 2.07. The fourth-order valence-electron chi connectivity index (χ4n) is 2.99. The standard InChI is InChI=1S/C21H39N3/c1-4-7-10-13-16-19-22-20(17-14-11-8-5-2)24-21(23-19)18-15-12-9-6-3/h4-18H2,1-3H3. The molecular weight excluding hydrogens is 294 g/mol. The number of rotatable bonds is 15. The number of aryl methyl sites for hydroxylation is 3. The zero-order valence-electron chi connectivity index (χ0n) is 16.4. The predicted molar refractivity (Wildman–Crippen MR) is 103 cm³/mol. The van der Waals surface area contributed by atoms with Gasteiger partial charge in [-0.2, -0.15) is 0 Å². The van der Waals surface area contributed by atoms with Crippen LogP contribution in [-0.2, 0) is 19.3 Å². The molecule has 0 aliphatic carbocycles. The summed E-state index contributed by atoms with van der Waals surface area (Å²) in [5, 5.41) is 0. The Morgan fingerprint density at radius 1 is 0.417 bits per heavy atom. The predicted octanol–water partition coefficient (Wildman–Crippen LogP) is 6.24. The van der Waals surface area contributed by atoms with E-state index in [4.69, 9.17) is 15.0 Å². The molecule has 0 N–H and O–H groups in total. The molecule has 0 aliphatic rings. The molecular formula is C21H39N3. The normalized spacial score (nSPS) is 11.1. The van der Waals surface area contributed by atoms with E-state index in [0.29, 0.717) is 0 Å². The van der Waals surface area contributed by atoms with Crippen LogP contribution in [0.2, 0.25) is 0 Å². The van der Waals surface area contributed by atoms with Crippen LogP contribution < -0.4 is 0 Å². The zero-order chi connectivity index (χ0) is 17.5. The summed E-state index contributed by atoms with van der Waals surface area (Å²) in [5.41, 5.74) is 0. The fraction of sp³-hybridized carbons (Fsp3) is 0.857. The van der Waals surface area contributed by atoms with E-state index in [1.54, 1.807) is 0 Å². The van der Waals surface area contributed by atoms with Crippen molar-refractivity contribution in [3.05, 3.63) is 17.5 Å². The Kier molecular flexibility index (Phi) is 12.6. The van der Waals surface area contributed by atoms with Crippen LogP contribution in [0.3, 0.4) is 0 Å². The van der Waals surface area contributed by atoms with E-state index in [9.17, 15) is 0 Å². The summed E-state index contributed by atoms with van der Waals surface area (Å²) in [4.78, 5) is 14.3. The van der Waals surface area contributed by atoms with Crippen LogP contribution >= 0.6 is 0 Å². The summed E-state index contributed by atoms with van der Waals surface area (Å²) in [6, 6.07) is 0. The van der Waals surface area contributed by atoms with Gasteiger partial charge in [0, 0.05) is 19.3 Å². The summed E-state index contributed by atoms with van der Waals surface area (Å²) in [6.45, 7) is 6.77. The summed E-state index contributed by atoms with van der Waals surface area (Å²) < 4.78 is 0. The quantitative estimate of drug-likeness (QED) is 0.357. The average Bonchev–Trinajstić information content (AvgIpc) is 2.59. The van der Waals surface area contributed by atoms with Gasteiger partial charge in [0.2, 0.25) is 0 Å². The number of hydrogen-bond acceptors (Lipinski definition) is 3. The van der Waals surface area contributed by atoms with Gasteiger partial charge in [-0.1, -0.05) is 78.6 Å². The molecule has 0 aliphatic heterocycles. The maximum absolute atomic E-state index is 4.75. The topological polar surface area (TPSA) is 38.7 Å². The molecule has 1 rings (SSSR count). The van der Waals surface area contributed by atoms with Crippen LogP contribution in [0.25, 0.3) is 0 Å². The first-order chi connectivity index (χ1) is 11.8. The van der Waals surface area contributed by atoms with E-state index in [1.807, 2.05) is 0 Å². The highest BCUT2D eigenvalue weighted by Crippen LogP contribution is 2.10. The van der Waals surface area contributed by atoms with Crippen molar-refractivity contribution >= 4 is 0 Å². The van der Waals surface area contributed by atoms with Crippen LogP contribution in [0.1, 0.15) is 115 Å². The third-order valence-electron chi connectivity index (χ3n) is 4.54. The number of nitrogens with zero attached hydrogens (tertiary/aromatic N) is 3. The molecule has 0 bridgehead atoms. The minimum Gasteiger partial charge on any atom is -0.218 e. The van der Waals surface area contributed by atoms with E-state index >= 15 is 0 Å². The summed E-state index contributed by atoms with van der Waals surface area (Å²) in [6.07, 6.45) is 18.4. The molecule has 0 unspecified atom stereocenters. The van der Waals surface area contributed by atoms with Gasteiger partial charge < -0.3 is 0 Å². The van der Waals surface area contributed by atoms with E-state index in [0.717, 1.165) is 36.7 Å². The Bertz CT molecular complexity index is 343. The van der Waals surface area contributed by atoms with Crippen molar-refractivity contribution in [2.24, 2.45) is 0 Å². The second kappa shape index (κ2) is 14.4. The summed E-state index contributed by atoms with van der Waals surface area (Å²) >= 11 is 0. The zero-order valence-corrected chi connectivity index (χ0v) is 16.4. The van der Waals surface area contributed by atoms with Gasteiger partial charge in [0.15, 0.2) is 0 Å². The van der Waals surface area contributed by atoms with Crippen LogP contribution in [0.15, 0.2) is 0 Å². The number of aromatic nitrogens is 3. The molecule has 0 saturated carbocycles. The molecule has 0 saturated heterocycles. The molecule has 1 heterocycles. The van der Waals surface area contributed by atoms with Crippen molar-refractivity contribution in [1.29, 1.82) is 0 Å². The average molecular weight is 334 g/mol. The van der Waals surface area contributed by atoms with Gasteiger partial charge in [-0.15, -0.1) is 0 Å². The van der Waals surface area contributed by atoms with E-state index in [-0.39, 0.29) is 0 Å². The minimum absolute atomic E-state index is 1.02. The maximum Gasteiger partial charge on any atom is 0.132 e. The van der Waals surface area contributed by atoms with E-state index in [2.05, 4.69) is 20.8 Å². The maximum atomic E-state index is 4.75. The lowest BCUT2D eigenvalue weighted by Crippen LogP contribution is -2.08. The van der Waals surface area contributed by atoms with E-state index < -0.39 is 0 Å². The first-order valence-corrected chi connectivity index (χ1v) is 10.5. The van der Waals surface area contributed by atoms with Crippen LogP contribution in [0.5, 0.6) is 0 Å². The van der Waals surface area contributed by atoms with E-state index in [1.165, 1.54) is 77.0 Å². The minimum atomic E-state index is 1.02. The SMILES string of the molecule is CCCCCCc1nc(CCCCCC)nc(CCCCCC)n1. The Morgan fingerprint density at radius 2 is 0.708 bits per heavy atom. The Labute approximate surface area is 150 Å². The number of hydrogen-bond donors (Lipinski definition) is 0. The van der Waals surface area contributed by atoms with Gasteiger partial charge in [0.1, 0.15) is 17.5 Å². The van der Waals surface area contributed by atoms with Crippen molar-refractivity contribution < 1.29 is 0 Å². The Morgan fingerprint density at radius 3 is 0.958 bits per heavy atom. The second-order valence-electron chi connectivity index (χ2n) is 7.02. The van der Waals surface area contributed by atoms with Crippen molar-refractivity contribution in [2.45, 2.75) is 117 Å². The van der Waals surface area contributed by atoms with Crippen molar-refractivity contribution in [3.8, 4) is 0 Å². The van der Waals surface area contributed by atoms with Gasteiger partial charge in [-0.25, -0.2) is 15.0 Å². The molecule has 3 nitrogen and oxygen atoms in total. The largest absolute Gasteiger partial charge is 0.218 e. The highest BCUT2D eigenvalue weighted by atomic mass is 15.0. The third kappa shape index (κ3) is 10.00. The van der Waals surface area contributed by atoms with Crippen molar-refractivity contribution in [1.82, 2.24) is 15.0 Å². The molecule has 0 radical (unpaired) electrons. The molecule has 3 heteroatoms. The van der Waals surface area contributed by atoms with Gasteiger partial charge in [-0.3, -0.25) is 0 Å². The van der Waals surface area contributed by atoms with Gasteiger partial charge in [0.05, 0.1) is 0 Å². The third-order valence-corrected chi connectivity index (χ3v) is 4.54. The lowest BCUT2D eigenvalue weighted by Gasteiger charge is -2.08. The highest BCUT2D eigenvalue weighted by molar-refractivity contribution is 4.98. The first kappa shape index (κ1) is 21.1. The molecule has 1 aromatic rings. The monoisotopic (exact) mass is 333 g/mol. The van der Waals surface area contributed by atoms with Crippen molar-refractivity contribution in [2.75, 3.05) is 0 Å². The molecule has 0 fully saturated rings. The van der Waals surface area contributed by atoms with Gasteiger partial charge in [-0.05, 0) is 19.3 Å². The smallest absolute Gasteiger partial charge is 0.132 e. The van der Waals surface area contributed by atoms with Gasteiger partial charge >= 0.3 is 0 Å². The lowest BCUT2D eigenvalue weighted by atomic mass is 10.1. The van der Waals surface area contributed by atoms with Gasteiger partial charge in [0.25, 0.3) is 0 Å². The van der Waals surface area contributed by atoms with Crippen LogP contribution in [0.4, 0.5) is 0 Å². The summed E-state index contributed by atoms with van der Waals surface area (Å²) in [7, 11) is 0. The Balaban J connectivity index is 2.58. The van der Waals surface area contributed by atoms with Crippen molar-refractivity contribution in [3.63, 3.8) is 0 Å². The fourth-order valence-corrected chi connectivity index (χ4v) is 2.99. The molecule has 0 aromatic carbocycles. The summed E-state index contributed by atoms with van der Waals surface area (Å²) in [5.74, 6) is 3.12. The second-order valence-corrected chi connectivity index (χ2v) is 7.02. The molecule has 138 valence electrons. The lowest BCUT2D eigenvalue weighted by molar-refractivity contribution is 0.607. The molecule has 0 amide bonds. The molecule has 0 spiro atoms. The number of unbranched alkanes of at least 4 members (excludes halogenated alkanes) is 9. The van der Waals surface area contributed by atoms with Crippen LogP contribution in [-0.4, -0.2) is 15.0 Å². The Hall–Kier alpha value is -0.990. The molecule has 24 heavy (non-hydrogen) atoms. The first-order valence-electron chi connectivity index (χ1n) is 10.5. The van der Waals surface area contributed by atoms with Crippen LogP contribution in [0, 0.1) is 0 Å². The molecule has 0 atom stereocenters.